The summed E-state index contributed by atoms with van der Waals surface area (Å²) in [5.74, 6) is 1.34. The van der Waals surface area contributed by atoms with Gasteiger partial charge in [-0.05, 0) is 43.0 Å². The van der Waals surface area contributed by atoms with Gasteiger partial charge < -0.3 is 15.0 Å². The smallest absolute Gasteiger partial charge is 0.269 e. The predicted molar refractivity (Wildman–Crippen MR) is 92.0 cm³/mol. The second kappa shape index (κ2) is 7.49. The van der Waals surface area contributed by atoms with Crippen molar-refractivity contribution in [3.8, 4) is 5.75 Å². The van der Waals surface area contributed by atoms with E-state index < -0.39 is 0 Å². The van der Waals surface area contributed by atoms with E-state index in [0.29, 0.717) is 18.2 Å². The number of carbonyl (C=O) groups excluding carboxylic acids is 1. The van der Waals surface area contributed by atoms with Gasteiger partial charge in [-0.25, -0.2) is 4.98 Å². The summed E-state index contributed by atoms with van der Waals surface area (Å²) in [6, 6.07) is 6.34. The van der Waals surface area contributed by atoms with Crippen molar-refractivity contribution in [2.24, 2.45) is 5.92 Å². The zero-order valence-electron chi connectivity index (χ0n) is 14.2. The Labute approximate surface area is 142 Å². The largest absolute Gasteiger partial charge is 0.496 e. The summed E-state index contributed by atoms with van der Waals surface area (Å²) >= 11 is 0. The molecule has 0 bridgehead atoms. The molecule has 1 aliphatic rings. The highest BCUT2D eigenvalue weighted by Gasteiger charge is 2.23. The van der Waals surface area contributed by atoms with Crippen molar-refractivity contribution in [3.05, 3.63) is 47.5 Å². The molecule has 6 nitrogen and oxygen atoms in total. The molecule has 1 aliphatic heterocycles. The second-order valence-electron chi connectivity index (χ2n) is 6.37. The van der Waals surface area contributed by atoms with Gasteiger partial charge in [0.25, 0.3) is 5.91 Å². The first-order chi connectivity index (χ1) is 11.7. The molecule has 3 rings (SSSR count). The van der Waals surface area contributed by atoms with Crippen molar-refractivity contribution in [2.45, 2.75) is 19.9 Å². The fraction of sp³-hybridized carbons (Fsp3) is 0.444. The van der Waals surface area contributed by atoms with E-state index in [0.717, 1.165) is 37.4 Å². The number of methoxy groups -OCH3 is 1. The molecule has 0 spiro atoms. The lowest BCUT2D eigenvalue weighted by atomic mass is 10.1. The fourth-order valence-electron chi connectivity index (χ4n) is 3.23. The summed E-state index contributed by atoms with van der Waals surface area (Å²) in [6.45, 7) is 5.79. The summed E-state index contributed by atoms with van der Waals surface area (Å²) in [5, 5.41) is 2.98. The van der Waals surface area contributed by atoms with Crippen LogP contribution in [0.1, 0.15) is 28.0 Å². The molecule has 0 saturated carbocycles. The third kappa shape index (κ3) is 3.94. The molecule has 1 saturated heterocycles. The van der Waals surface area contributed by atoms with E-state index in [1.807, 2.05) is 6.07 Å². The molecule has 1 aromatic heterocycles. The summed E-state index contributed by atoms with van der Waals surface area (Å²) in [6.07, 6.45) is 4.17. The summed E-state index contributed by atoms with van der Waals surface area (Å²) in [4.78, 5) is 21.1. The molecule has 1 atom stereocenters. The number of amides is 1. The van der Waals surface area contributed by atoms with E-state index in [1.54, 1.807) is 13.3 Å². The number of likely N-dealkylation sites (tertiary alicyclic amines) is 1. The molecule has 2 heterocycles. The van der Waals surface area contributed by atoms with E-state index in [9.17, 15) is 4.79 Å². The number of hydrogen-bond acceptors (Lipinski definition) is 4. The standard InChI is InChI=1S/C18H24N4O2/c1-13-7-14(3-4-17(13)24-2)10-22-6-5-15(11-22)8-20-18(23)16-9-19-12-21-16/h3-4,7,9,12,15H,5-6,8,10-11H2,1-2H3,(H,19,21)(H,20,23)/t15-/m1/s1. The number of aryl methyl sites for hydroxylation is 1. The molecule has 0 radical (unpaired) electrons. The molecule has 24 heavy (non-hydrogen) atoms. The van der Waals surface area contributed by atoms with Crippen molar-refractivity contribution in [2.75, 3.05) is 26.7 Å². The summed E-state index contributed by atoms with van der Waals surface area (Å²) < 4.78 is 5.31. The third-order valence-electron chi connectivity index (χ3n) is 4.53. The number of aromatic nitrogens is 2. The van der Waals surface area contributed by atoms with Crippen LogP contribution in [0.5, 0.6) is 5.75 Å². The van der Waals surface area contributed by atoms with Crippen LogP contribution in [0.2, 0.25) is 0 Å². The SMILES string of the molecule is COc1ccc(CN2CC[C@H](CNC(=O)c3cnc[nH]3)C2)cc1C. The van der Waals surface area contributed by atoms with Gasteiger partial charge in [-0.3, -0.25) is 9.69 Å². The Morgan fingerprint density at radius 1 is 1.50 bits per heavy atom. The zero-order chi connectivity index (χ0) is 16.9. The number of rotatable bonds is 6. The second-order valence-corrected chi connectivity index (χ2v) is 6.37. The van der Waals surface area contributed by atoms with Crippen LogP contribution in [0.15, 0.2) is 30.7 Å². The van der Waals surface area contributed by atoms with E-state index in [-0.39, 0.29) is 5.91 Å². The minimum absolute atomic E-state index is 0.0864. The van der Waals surface area contributed by atoms with E-state index in [2.05, 4.69) is 39.2 Å². The normalized spacial score (nSPS) is 17.8. The first kappa shape index (κ1) is 16.5. The quantitative estimate of drug-likeness (QED) is 0.851. The molecule has 128 valence electrons. The first-order valence-electron chi connectivity index (χ1n) is 8.28. The molecule has 6 heteroatoms. The monoisotopic (exact) mass is 328 g/mol. The van der Waals surface area contributed by atoms with Gasteiger partial charge in [0.1, 0.15) is 11.4 Å². The summed E-state index contributed by atoms with van der Waals surface area (Å²) in [7, 11) is 1.70. The van der Waals surface area contributed by atoms with Crippen molar-refractivity contribution < 1.29 is 9.53 Å². The van der Waals surface area contributed by atoms with Gasteiger partial charge in [0, 0.05) is 19.6 Å². The van der Waals surface area contributed by atoms with Crippen molar-refractivity contribution >= 4 is 5.91 Å². The highest BCUT2D eigenvalue weighted by molar-refractivity contribution is 5.91. The highest BCUT2D eigenvalue weighted by atomic mass is 16.5. The Kier molecular flexibility index (Phi) is 5.15. The fourth-order valence-corrected chi connectivity index (χ4v) is 3.23. The molecule has 1 fully saturated rings. The van der Waals surface area contributed by atoms with E-state index >= 15 is 0 Å². The molecule has 1 aromatic carbocycles. The summed E-state index contributed by atoms with van der Waals surface area (Å²) in [5.41, 5.74) is 2.98. The average Bonchev–Trinajstić information content (AvgIpc) is 3.25. The molecule has 0 aliphatic carbocycles. The zero-order valence-corrected chi connectivity index (χ0v) is 14.2. The van der Waals surface area contributed by atoms with E-state index in [4.69, 9.17) is 4.74 Å². The Morgan fingerprint density at radius 3 is 3.08 bits per heavy atom. The minimum Gasteiger partial charge on any atom is -0.496 e. The van der Waals surface area contributed by atoms with Gasteiger partial charge in [-0.2, -0.15) is 0 Å². The van der Waals surface area contributed by atoms with Crippen molar-refractivity contribution in [1.82, 2.24) is 20.2 Å². The van der Waals surface area contributed by atoms with Crippen LogP contribution in [0.3, 0.4) is 0 Å². The number of nitrogens with one attached hydrogen (secondary N) is 2. The van der Waals surface area contributed by atoms with E-state index in [1.165, 1.54) is 11.9 Å². The van der Waals surface area contributed by atoms with Crippen LogP contribution in [0.25, 0.3) is 0 Å². The molecule has 0 unspecified atom stereocenters. The highest BCUT2D eigenvalue weighted by Crippen LogP contribution is 2.22. The van der Waals surface area contributed by atoms with Gasteiger partial charge in [0.2, 0.25) is 0 Å². The Balaban J connectivity index is 1.47. The van der Waals surface area contributed by atoms with Crippen molar-refractivity contribution in [3.63, 3.8) is 0 Å². The van der Waals surface area contributed by atoms with Crippen LogP contribution in [-0.2, 0) is 6.54 Å². The predicted octanol–water partition coefficient (Wildman–Crippen LogP) is 1.98. The molecule has 2 aromatic rings. The third-order valence-corrected chi connectivity index (χ3v) is 4.53. The topological polar surface area (TPSA) is 70.2 Å². The number of H-pyrrole nitrogens is 1. The molecule has 2 N–H and O–H groups in total. The molecular formula is C18H24N4O2. The molecular weight excluding hydrogens is 304 g/mol. The Hall–Kier alpha value is -2.34. The maximum absolute atomic E-state index is 11.9. The van der Waals surface area contributed by atoms with Crippen LogP contribution in [0, 0.1) is 12.8 Å². The number of hydrogen-bond donors (Lipinski definition) is 2. The van der Waals surface area contributed by atoms with Crippen LogP contribution < -0.4 is 10.1 Å². The lowest BCUT2D eigenvalue weighted by Gasteiger charge is -2.17. The Bertz CT molecular complexity index is 684. The number of imidazole rings is 1. The number of ether oxygens (including phenoxy) is 1. The van der Waals surface area contributed by atoms with Gasteiger partial charge >= 0.3 is 0 Å². The van der Waals surface area contributed by atoms with Crippen LogP contribution >= 0.6 is 0 Å². The minimum atomic E-state index is -0.0864. The molecule has 1 amide bonds. The van der Waals surface area contributed by atoms with Crippen LogP contribution in [-0.4, -0.2) is 47.5 Å². The van der Waals surface area contributed by atoms with Gasteiger partial charge in [0.15, 0.2) is 0 Å². The van der Waals surface area contributed by atoms with Gasteiger partial charge in [-0.15, -0.1) is 0 Å². The van der Waals surface area contributed by atoms with Gasteiger partial charge in [0.05, 0.1) is 19.6 Å². The number of carbonyl (C=O) groups is 1. The van der Waals surface area contributed by atoms with Crippen molar-refractivity contribution in [1.29, 1.82) is 0 Å². The lowest BCUT2D eigenvalue weighted by Crippen LogP contribution is -2.31. The number of aromatic amines is 1. The first-order valence-corrected chi connectivity index (χ1v) is 8.28. The average molecular weight is 328 g/mol. The number of benzene rings is 1. The lowest BCUT2D eigenvalue weighted by molar-refractivity contribution is 0.0943. The maximum Gasteiger partial charge on any atom is 0.269 e. The number of nitrogens with zero attached hydrogens (tertiary/aromatic N) is 2. The maximum atomic E-state index is 11.9. The van der Waals surface area contributed by atoms with Gasteiger partial charge in [-0.1, -0.05) is 12.1 Å². The van der Waals surface area contributed by atoms with Crippen LogP contribution in [0.4, 0.5) is 0 Å². The Morgan fingerprint density at radius 2 is 2.38 bits per heavy atom.